The summed E-state index contributed by atoms with van der Waals surface area (Å²) in [5.74, 6) is -0.0675. The molecular weight excluding hydrogens is 324 g/mol. The van der Waals surface area contributed by atoms with Gasteiger partial charge in [-0.25, -0.2) is 5.48 Å². The van der Waals surface area contributed by atoms with Crippen LogP contribution in [-0.2, 0) is 9.53 Å². The van der Waals surface area contributed by atoms with Crippen LogP contribution in [0.25, 0.3) is 6.08 Å². The molecule has 1 saturated heterocycles. The van der Waals surface area contributed by atoms with Gasteiger partial charge in [-0.15, -0.1) is 0 Å². The monoisotopic (exact) mass is 348 g/mol. The van der Waals surface area contributed by atoms with Crippen LogP contribution in [-0.4, -0.2) is 43.4 Å². The summed E-state index contributed by atoms with van der Waals surface area (Å²) in [6.07, 6.45) is 5.21. The molecule has 0 aliphatic carbocycles. The van der Waals surface area contributed by atoms with Gasteiger partial charge in [-0.05, 0) is 31.9 Å². The minimum absolute atomic E-state index is 0.00362. The normalized spacial score (nSPS) is 15.1. The Morgan fingerprint density at radius 3 is 2.80 bits per heavy atom. The smallest absolute Gasteiger partial charge is 0.274 e. The van der Waals surface area contributed by atoms with Crippen LogP contribution in [0, 0.1) is 5.92 Å². The molecule has 0 unspecified atom stereocenters. The Labute approximate surface area is 147 Å². The van der Waals surface area contributed by atoms with Crippen molar-refractivity contribution in [3.8, 4) is 5.75 Å². The molecule has 0 bridgehead atoms. The molecule has 2 rings (SSSR count). The molecule has 7 heteroatoms. The van der Waals surface area contributed by atoms with E-state index in [4.69, 9.17) is 14.7 Å². The highest BCUT2D eigenvalue weighted by Gasteiger charge is 2.20. The van der Waals surface area contributed by atoms with Crippen molar-refractivity contribution in [1.82, 2.24) is 10.8 Å². The van der Waals surface area contributed by atoms with Gasteiger partial charge in [0, 0.05) is 30.3 Å². The molecule has 1 aromatic rings. The largest absolute Gasteiger partial charge is 0.491 e. The summed E-state index contributed by atoms with van der Waals surface area (Å²) in [7, 11) is 0. The quantitative estimate of drug-likeness (QED) is 0.396. The van der Waals surface area contributed by atoms with Gasteiger partial charge in [0.1, 0.15) is 12.4 Å². The Morgan fingerprint density at radius 2 is 2.12 bits per heavy atom. The lowest BCUT2D eigenvalue weighted by Gasteiger charge is -2.21. The Morgan fingerprint density at radius 1 is 1.36 bits per heavy atom. The molecular formula is C18H24N2O5. The van der Waals surface area contributed by atoms with Gasteiger partial charge in [-0.1, -0.05) is 18.2 Å². The number of carbonyl (C=O) groups excluding carboxylic acids is 2. The highest BCUT2D eigenvalue weighted by molar-refractivity contribution is 5.94. The van der Waals surface area contributed by atoms with Crippen molar-refractivity contribution in [2.45, 2.75) is 19.8 Å². The Bertz CT molecular complexity index is 624. The number of benzene rings is 1. The van der Waals surface area contributed by atoms with Crippen molar-refractivity contribution in [2.75, 3.05) is 26.4 Å². The van der Waals surface area contributed by atoms with Crippen LogP contribution in [0.4, 0.5) is 0 Å². The van der Waals surface area contributed by atoms with Crippen LogP contribution in [0.15, 0.2) is 24.3 Å². The van der Waals surface area contributed by atoms with E-state index in [2.05, 4.69) is 5.32 Å². The standard InChI is InChI=1S/C18H24N2O5/c1-2-3-13-4-5-15(18(22)20-23)12-16(13)25-11-8-19-17(21)14-6-9-24-10-7-14/h2-5,12,14,23H,6-11H2,1H3,(H,19,21)(H,20,22)/b3-2-. The number of rotatable bonds is 7. The molecule has 0 aromatic heterocycles. The molecule has 1 heterocycles. The molecule has 0 saturated carbocycles. The molecule has 1 aromatic carbocycles. The fraction of sp³-hybridized carbons (Fsp3) is 0.444. The minimum atomic E-state index is -0.607. The van der Waals surface area contributed by atoms with E-state index in [-0.39, 0.29) is 24.0 Å². The Hall–Kier alpha value is -2.38. The van der Waals surface area contributed by atoms with Crippen molar-refractivity contribution >= 4 is 17.9 Å². The number of carbonyl (C=O) groups is 2. The van der Waals surface area contributed by atoms with E-state index in [1.165, 1.54) is 0 Å². The van der Waals surface area contributed by atoms with E-state index in [9.17, 15) is 9.59 Å². The molecule has 0 spiro atoms. The number of hydrogen-bond donors (Lipinski definition) is 3. The third-order valence-electron chi connectivity index (χ3n) is 3.97. The summed E-state index contributed by atoms with van der Waals surface area (Å²) in [4.78, 5) is 23.6. The number of hydroxylamine groups is 1. The molecule has 0 radical (unpaired) electrons. The Balaban J connectivity index is 1.89. The maximum atomic E-state index is 12.0. The SMILES string of the molecule is C/C=C\c1ccc(C(=O)NO)cc1OCCNC(=O)C1CCOCC1. The van der Waals surface area contributed by atoms with Crippen LogP contribution in [0.1, 0.15) is 35.7 Å². The van der Waals surface area contributed by atoms with E-state index in [1.807, 2.05) is 19.1 Å². The van der Waals surface area contributed by atoms with Gasteiger partial charge >= 0.3 is 0 Å². The number of allylic oxidation sites excluding steroid dienone is 1. The number of amides is 2. The van der Waals surface area contributed by atoms with Crippen LogP contribution in [0.2, 0.25) is 0 Å². The zero-order valence-corrected chi connectivity index (χ0v) is 14.3. The van der Waals surface area contributed by atoms with Gasteiger partial charge in [0.15, 0.2) is 0 Å². The third kappa shape index (κ3) is 5.58. The fourth-order valence-corrected chi connectivity index (χ4v) is 2.62. The second-order valence-electron chi connectivity index (χ2n) is 5.72. The van der Waals surface area contributed by atoms with E-state index in [0.717, 1.165) is 18.4 Å². The van der Waals surface area contributed by atoms with Crippen molar-refractivity contribution < 1.29 is 24.3 Å². The topological polar surface area (TPSA) is 96.9 Å². The summed E-state index contributed by atoms with van der Waals surface area (Å²) < 4.78 is 11.0. The molecule has 7 nitrogen and oxygen atoms in total. The van der Waals surface area contributed by atoms with Crippen LogP contribution in [0.5, 0.6) is 5.75 Å². The molecule has 0 atom stereocenters. The van der Waals surface area contributed by atoms with E-state index < -0.39 is 5.91 Å². The first-order valence-corrected chi connectivity index (χ1v) is 8.35. The van der Waals surface area contributed by atoms with Crippen LogP contribution < -0.4 is 15.5 Å². The van der Waals surface area contributed by atoms with Gasteiger partial charge in [0.25, 0.3) is 5.91 Å². The highest BCUT2D eigenvalue weighted by Crippen LogP contribution is 2.22. The van der Waals surface area contributed by atoms with Gasteiger partial charge in [-0.2, -0.15) is 0 Å². The van der Waals surface area contributed by atoms with Crippen molar-refractivity contribution in [3.63, 3.8) is 0 Å². The predicted molar refractivity (Wildman–Crippen MR) is 92.5 cm³/mol. The van der Waals surface area contributed by atoms with E-state index in [0.29, 0.717) is 25.5 Å². The summed E-state index contributed by atoms with van der Waals surface area (Å²) >= 11 is 0. The summed E-state index contributed by atoms with van der Waals surface area (Å²) in [5.41, 5.74) is 2.70. The highest BCUT2D eigenvalue weighted by atomic mass is 16.5. The average molecular weight is 348 g/mol. The molecule has 2 amide bonds. The molecule has 1 fully saturated rings. The molecule has 3 N–H and O–H groups in total. The first-order valence-electron chi connectivity index (χ1n) is 8.35. The zero-order chi connectivity index (χ0) is 18.1. The molecule has 1 aliphatic rings. The summed E-state index contributed by atoms with van der Waals surface area (Å²) in [6, 6.07) is 4.89. The van der Waals surface area contributed by atoms with E-state index >= 15 is 0 Å². The molecule has 25 heavy (non-hydrogen) atoms. The fourth-order valence-electron chi connectivity index (χ4n) is 2.62. The minimum Gasteiger partial charge on any atom is -0.491 e. The maximum Gasteiger partial charge on any atom is 0.274 e. The second-order valence-corrected chi connectivity index (χ2v) is 5.72. The van der Waals surface area contributed by atoms with Crippen LogP contribution in [0.3, 0.4) is 0 Å². The summed E-state index contributed by atoms with van der Waals surface area (Å²) in [5, 5.41) is 11.6. The van der Waals surface area contributed by atoms with Crippen molar-refractivity contribution in [2.24, 2.45) is 5.92 Å². The lowest BCUT2D eigenvalue weighted by Crippen LogP contribution is -2.36. The van der Waals surface area contributed by atoms with Gasteiger partial charge in [0.05, 0.1) is 6.54 Å². The molecule has 1 aliphatic heterocycles. The second kappa shape index (κ2) is 9.80. The van der Waals surface area contributed by atoms with Gasteiger partial charge in [0.2, 0.25) is 5.91 Å². The zero-order valence-electron chi connectivity index (χ0n) is 14.3. The lowest BCUT2D eigenvalue weighted by molar-refractivity contribution is -0.127. The molecule has 136 valence electrons. The van der Waals surface area contributed by atoms with Crippen LogP contribution >= 0.6 is 0 Å². The predicted octanol–water partition coefficient (Wildman–Crippen LogP) is 1.76. The first-order chi connectivity index (χ1) is 12.2. The Kier molecular flexibility index (Phi) is 7.43. The number of ether oxygens (including phenoxy) is 2. The number of hydrogen-bond acceptors (Lipinski definition) is 5. The lowest BCUT2D eigenvalue weighted by atomic mass is 9.99. The van der Waals surface area contributed by atoms with E-state index in [1.54, 1.807) is 23.7 Å². The van der Waals surface area contributed by atoms with Gasteiger partial charge in [-0.3, -0.25) is 14.8 Å². The average Bonchev–Trinajstić information content (AvgIpc) is 2.66. The maximum absolute atomic E-state index is 12.0. The van der Waals surface area contributed by atoms with Crippen molar-refractivity contribution in [3.05, 3.63) is 35.4 Å². The third-order valence-corrected chi connectivity index (χ3v) is 3.97. The van der Waals surface area contributed by atoms with Crippen molar-refractivity contribution in [1.29, 1.82) is 0 Å². The summed E-state index contributed by atoms with van der Waals surface area (Å²) in [6.45, 7) is 3.79. The number of nitrogens with one attached hydrogen (secondary N) is 2. The van der Waals surface area contributed by atoms with Gasteiger partial charge < -0.3 is 14.8 Å². The first kappa shape index (κ1) is 19.0.